The second-order valence-electron chi connectivity index (χ2n) is 5.93. The van der Waals surface area contributed by atoms with Gasteiger partial charge in [-0.1, -0.05) is 12.0 Å². The van der Waals surface area contributed by atoms with Crippen LogP contribution >= 0.6 is 0 Å². The minimum absolute atomic E-state index is 0.957. The van der Waals surface area contributed by atoms with Gasteiger partial charge in [0.05, 0.1) is 0 Å². The molecule has 1 aromatic heterocycles. The first-order valence-corrected chi connectivity index (χ1v) is 7.73. The minimum atomic E-state index is 0.957. The van der Waals surface area contributed by atoms with E-state index in [1.165, 1.54) is 43.5 Å². The molecule has 1 fully saturated rings. The van der Waals surface area contributed by atoms with Crippen molar-refractivity contribution in [2.24, 2.45) is 0 Å². The van der Waals surface area contributed by atoms with Crippen LogP contribution < -0.4 is 0 Å². The quantitative estimate of drug-likeness (QED) is 0.800. The lowest BCUT2D eigenvalue weighted by Crippen LogP contribution is -2.31. The Morgan fingerprint density at radius 3 is 2.86 bits per heavy atom. The molecule has 0 N–H and O–H groups in total. The molecule has 3 nitrogen and oxygen atoms in total. The van der Waals surface area contributed by atoms with Gasteiger partial charge in [0, 0.05) is 43.5 Å². The van der Waals surface area contributed by atoms with E-state index in [1.54, 1.807) is 0 Å². The maximum absolute atomic E-state index is 5.51. The molecule has 0 radical (unpaired) electrons. The van der Waals surface area contributed by atoms with Crippen molar-refractivity contribution >= 4 is 10.9 Å². The maximum Gasteiger partial charge on any atom is 0.0493 e. The number of likely N-dealkylation sites (N-methyl/N-ethyl adjacent to an activating group) is 1. The highest BCUT2D eigenvalue weighted by atomic mass is 15.2. The number of fused-ring (bicyclic) bond motifs is 1. The number of aromatic nitrogens is 1. The standard InChI is InChI=1S/C18H23N3/c1-3-16-5-6-17-7-10-21(18(17)15-16)14-13-20-9-4-8-19(2)11-12-20/h1,5-7,10,15H,4,8-9,11-14H2,2H3. The summed E-state index contributed by atoms with van der Waals surface area (Å²) in [5, 5.41) is 1.27. The van der Waals surface area contributed by atoms with Crippen LogP contribution in [0.3, 0.4) is 0 Å². The largest absolute Gasteiger partial charge is 0.346 e. The molecule has 3 rings (SSSR count). The Bertz CT molecular complexity index is 650. The second kappa shape index (κ2) is 6.34. The van der Waals surface area contributed by atoms with E-state index in [4.69, 9.17) is 6.42 Å². The van der Waals surface area contributed by atoms with E-state index in [1.807, 2.05) is 6.07 Å². The first kappa shape index (κ1) is 14.2. The van der Waals surface area contributed by atoms with Crippen molar-refractivity contribution < 1.29 is 0 Å². The summed E-state index contributed by atoms with van der Waals surface area (Å²) in [4.78, 5) is 4.99. The van der Waals surface area contributed by atoms with Crippen LogP contribution in [0, 0.1) is 12.3 Å². The van der Waals surface area contributed by atoms with Crippen LogP contribution in [0.1, 0.15) is 12.0 Å². The number of nitrogens with zero attached hydrogens (tertiary/aromatic N) is 3. The summed E-state index contributed by atoms with van der Waals surface area (Å²) in [5.74, 6) is 2.73. The first-order valence-electron chi connectivity index (χ1n) is 7.73. The van der Waals surface area contributed by atoms with E-state index in [-0.39, 0.29) is 0 Å². The Morgan fingerprint density at radius 1 is 1.10 bits per heavy atom. The third-order valence-electron chi connectivity index (χ3n) is 4.41. The number of hydrogen-bond acceptors (Lipinski definition) is 2. The van der Waals surface area contributed by atoms with Crippen LogP contribution in [-0.4, -0.2) is 54.1 Å². The van der Waals surface area contributed by atoms with E-state index in [2.05, 4.69) is 51.7 Å². The Hall–Kier alpha value is -1.76. The number of benzene rings is 1. The van der Waals surface area contributed by atoms with Crippen molar-refractivity contribution in [2.45, 2.75) is 13.0 Å². The maximum atomic E-state index is 5.51. The lowest BCUT2D eigenvalue weighted by atomic mass is 10.2. The molecule has 2 aromatic rings. The molecule has 0 saturated carbocycles. The molecule has 3 heteroatoms. The van der Waals surface area contributed by atoms with Gasteiger partial charge in [-0.25, -0.2) is 0 Å². The molecule has 1 aliphatic rings. The van der Waals surface area contributed by atoms with E-state index in [0.29, 0.717) is 0 Å². The third-order valence-corrected chi connectivity index (χ3v) is 4.41. The Labute approximate surface area is 127 Å². The van der Waals surface area contributed by atoms with Crippen molar-refractivity contribution in [1.82, 2.24) is 14.4 Å². The Balaban J connectivity index is 1.69. The van der Waals surface area contributed by atoms with Gasteiger partial charge < -0.3 is 14.4 Å². The fourth-order valence-electron chi connectivity index (χ4n) is 3.04. The summed E-state index contributed by atoms with van der Waals surface area (Å²) in [6.07, 6.45) is 8.95. The van der Waals surface area contributed by atoms with Crippen LogP contribution in [-0.2, 0) is 6.54 Å². The van der Waals surface area contributed by atoms with E-state index in [0.717, 1.165) is 18.7 Å². The van der Waals surface area contributed by atoms with Gasteiger partial charge in [0.25, 0.3) is 0 Å². The van der Waals surface area contributed by atoms with Crippen LogP contribution in [0.4, 0.5) is 0 Å². The van der Waals surface area contributed by atoms with Crippen molar-refractivity contribution in [3.05, 3.63) is 36.0 Å². The molecule has 1 aromatic carbocycles. The van der Waals surface area contributed by atoms with Crippen molar-refractivity contribution in [3.8, 4) is 12.3 Å². The number of hydrogen-bond donors (Lipinski definition) is 0. The van der Waals surface area contributed by atoms with Gasteiger partial charge in [0.1, 0.15) is 0 Å². The predicted octanol–water partition coefficient (Wildman–Crippen LogP) is 2.26. The monoisotopic (exact) mass is 281 g/mol. The van der Waals surface area contributed by atoms with Gasteiger partial charge in [-0.3, -0.25) is 0 Å². The topological polar surface area (TPSA) is 11.4 Å². The zero-order valence-corrected chi connectivity index (χ0v) is 12.8. The predicted molar refractivity (Wildman–Crippen MR) is 88.4 cm³/mol. The molecule has 0 unspecified atom stereocenters. The fraction of sp³-hybridized carbons (Fsp3) is 0.444. The molecule has 0 atom stereocenters. The normalized spacial score (nSPS) is 17.7. The zero-order chi connectivity index (χ0) is 14.7. The lowest BCUT2D eigenvalue weighted by Gasteiger charge is -2.20. The van der Waals surface area contributed by atoms with Gasteiger partial charge in [-0.15, -0.1) is 6.42 Å². The molecule has 110 valence electrons. The summed E-state index contributed by atoms with van der Waals surface area (Å²) < 4.78 is 2.32. The molecule has 1 aliphatic heterocycles. The van der Waals surface area contributed by atoms with Gasteiger partial charge >= 0.3 is 0 Å². The highest BCUT2D eigenvalue weighted by Crippen LogP contribution is 2.17. The number of rotatable bonds is 3. The van der Waals surface area contributed by atoms with Crippen LogP contribution in [0.25, 0.3) is 10.9 Å². The average Bonchev–Trinajstić information content (AvgIpc) is 2.79. The molecule has 1 saturated heterocycles. The van der Waals surface area contributed by atoms with Crippen molar-refractivity contribution in [2.75, 3.05) is 39.8 Å². The van der Waals surface area contributed by atoms with Crippen LogP contribution in [0.15, 0.2) is 30.5 Å². The first-order chi connectivity index (χ1) is 10.3. The van der Waals surface area contributed by atoms with E-state index < -0.39 is 0 Å². The Kier molecular flexibility index (Phi) is 4.28. The highest BCUT2D eigenvalue weighted by Gasteiger charge is 2.12. The molecular weight excluding hydrogens is 258 g/mol. The smallest absolute Gasteiger partial charge is 0.0493 e. The van der Waals surface area contributed by atoms with Gasteiger partial charge in [0.2, 0.25) is 0 Å². The van der Waals surface area contributed by atoms with Crippen molar-refractivity contribution in [1.29, 1.82) is 0 Å². The summed E-state index contributed by atoms with van der Waals surface area (Å²) in [7, 11) is 2.21. The van der Waals surface area contributed by atoms with Crippen molar-refractivity contribution in [3.63, 3.8) is 0 Å². The minimum Gasteiger partial charge on any atom is -0.346 e. The number of terminal acetylenes is 1. The Morgan fingerprint density at radius 2 is 2.00 bits per heavy atom. The molecule has 0 bridgehead atoms. The summed E-state index contributed by atoms with van der Waals surface area (Å²) in [5.41, 5.74) is 2.20. The second-order valence-corrected chi connectivity index (χ2v) is 5.93. The van der Waals surface area contributed by atoms with Gasteiger partial charge in [0.15, 0.2) is 0 Å². The summed E-state index contributed by atoms with van der Waals surface area (Å²) in [6, 6.07) is 8.41. The molecule has 0 aliphatic carbocycles. The fourth-order valence-corrected chi connectivity index (χ4v) is 3.04. The van der Waals surface area contributed by atoms with Gasteiger partial charge in [-0.05, 0) is 50.1 Å². The van der Waals surface area contributed by atoms with Gasteiger partial charge in [-0.2, -0.15) is 0 Å². The van der Waals surface area contributed by atoms with Crippen LogP contribution in [0.5, 0.6) is 0 Å². The summed E-state index contributed by atoms with van der Waals surface area (Å²) >= 11 is 0. The average molecular weight is 281 g/mol. The van der Waals surface area contributed by atoms with E-state index in [9.17, 15) is 0 Å². The zero-order valence-electron chi connectivity index (χ0n) is 12.8. The molecular formula is C18H23N3. The third kappa shape index (κ3) is 3.29. The van der Waals surface area contributed by atoms with Crippen LogP contribution in [0.2, 0.25) is 0 Å². The highest BCUT2D eigenvalue weighted by molar-refractivity contribution is 5.81. The summed E-state index contributed by atoms with van der Waals surface area (Å²) in [6.45, 7) is 6.91. The van der Waals surface area contributed by atoms with E-state index >= 15 is 0 Å². The SMILES string of the molecule is C#Cc1ccc2ccn(CCN3CCCN(C)CC3)c2c1. The molecule has 0 amide bonds. The molecule has 2 heterocycles. The molecule has 0 spiro atoms. The lowest BCUT2D eigenvalue weighted by molar-refractivity contribution is 0.268. The molecule has 21 heavy (non-hydrogen) atoms.